The van der Waals surface area contributed by atoms with Crippen LogP contribution < -0.4 is 10.1 Å². The van der Waals surface area contributed by atoms with Gasteiger partial charge in [-0.1, -0.05) is 43.3 Å². The first-order valence-electron chi connectivity index (χ1n) is 6.78. The number of methoxy groups -OCH3 is 1. The summed E-state index contributed by atoms with van der Waals surface area (Å²) < 4.78 is 5.32. The van der Waals surface area contributed by atoms with Crippen molar-refractivity contribution in [3.63, 3.8) is 0 Å². The number of benzene rings is 2. The van der Waals surface area contributed by atoms with Crippen molar-refractivity contribution in [2.24, 2.45) is 0 Å². The Hall–Kier alpha value is -1.80. The van der Waals surface area contributed by atoms with Gasteiger partial charge in [-0.05, 0) is 41.8 Å². The van der Waals surface area contributed by atoms with Crippen molar-refractivity contribution in [3.8, 4) is 16.9 Å². The lowest BCUT2D eigenvalue weighted by molar-refractivity contribution is 0.414. The largest absolute Gasteiger partial charge is 0.497 e. The van der Waals surface area contributed by atoms with Crippen LogP contribution in [-0.2, 0) is 6.54 Å². The van der Waals surface area contributed by atoms with Gasteiger partial charge in [0.25, 0.3) is 0 Å². The molecule has 2 nitrogen and oxygen atoms in total. The third-order valence-corrected chi connectivity index (χ3v) is 3.14. The normalized spacial score (nSPS) is 10.4. The number of hydrogen-bond donors (Lipinski definition) is 1. The van der Waals surface area contributed by atoms with Crippen molar-refractivity contribution in [1.29, 1.82) is 0 Å². The Labute approximate surface area is 115 Å². The lowest BCUT2D eigenvalue weighted by atomic mass is 9.99. The first-order valence-corrected chi connectivity index (χ1v) is 6.78. The summed E-state index contributed by atoms with van der Waals surface area (Å²) in [6.45, 7) is 4.08. The van der Waals surface area contributed by atoms with Crippen LogP contribution in [0.4, 0.5) is 0 Å². The molecular weight excluding hydrogens is 234 g/mol. The van der Waals surface area contributed by atoms with Gasteiger partial charge >= 0.3 is 0 Å². The Kier molecular flexibility index (Phi) is 4.99. The zero-order valence-corrected chi connectivity index (χ0v) is 11.6. The maximum Gasteiger partial charge on any atom is 0.119 e. The van der Waals surface area contributed by atoms with Crippen LogP contribution in [0.2, 0.25) is 0 Å². The van der Waals surface area contributed by atoms with Gasteiger partial charge < -0.3 is 10.1 Å². The topological polar surface area (TPSA) is 21.3 Å². The third-order valence-electron chi connectivity index (χ3n) is 3.14. The van der Waals surface area contributed by atoms with Gasteiger partial charge in [-0.25, -0.2) is 0 Å². The van der Waals surface area contributed by atoms with Crippen molar-refractivity contribution in [2.45, 2.75) is 19.9 Å². The van der Waals surface area contributed by atoms with Gasteiger partial charge in [-0.2, -0.15) is 0 Å². The van der Waals surface area contributed by atoms with E-state index in [9.17, 15) is 0 Å². The molecule has 2 rings (SSSR count). The van der Waals surface area contributed by atoms with Crippen LogP contribution in [0.1, 0.15) is 18.9 Å². The van der Waals surface area contributed by atoms with E-state index < -0.39 is 0 Å². The summed E-state index contributed by atoms with van der Waals surface area (Å²) in [7, 11) is 1.71. The molecular formula is C17H21NO. The minimum Gasteiger partial charge on any atom is -0.497 e. The molecule has 0 saturated heterocycles. The smallest absolute Gasteiger partial charge is 0.119 e. The summed E-state index contributed by atoms with van der Waals surface area (Å²) >= 11 is 0. The van der Waals surface area contributed by atoms with Crippen LogP contribution in [0.25, 0.3) is 11.1 Å². The molecule has 2 aromatic rings. The van der Waals surface area contributed by atoms with E-state index in [1.165, 1.54) is 16.7 Å². The summed E-state index contributed by atoms with van der Waals surface area (Å²) in [5.41, 5.74) is 3.79. The Bertz CT molecular complexity index is 508. The van der Waals surface area contributed by atoms with Gasteiger partial charge in [0.2, 0.25) is 0 Å². The van der Waals surface area contributed by atoms with Crippen molar-refractivity contribution < 1.29 is 4.74 Å². The Balaban J connectivity index is 2.31. The quantitative estimate of drug-likeness (QED) is 0.791. The van der Waals surface area contributed by atoms with Crippen LogP contribution >= 0.6 is 0 Å². The first kappa shape index (κ1) is 13.6. The predicted molar refractivity (Wildman–Crippen MR) is 80.4 cm³/mol. The van der Waals surface area contributed by atoms with Gasteiger partial charge in [0.15, 0.2) is 0 Å². The third kappa shape index (κ3) is 3.58. The highest BCUT2D eigenvalue weighted by atomic mass is 16.5. The second kappa shape index (κ2) is 6.95. The number of nitrogens with one attached hydrogen (secondary N) is 1. The lowest BCUT2D eigenvalue weighted by Crippen LogP contribution is -2.14. The summed E-state index contributed by atoms with van der Waals surface area (Å²) in [4.78, 5) is 0. The lowest BCUT2D eigenvalue weighted by Gasteiger charge is -2.12. The fourth-order valence-corrected chi connectivity index (χ4v) is 2.14. The number of rotatable bonds is 6. The minimum atomic E-state index is 0.870. The Morgan fingerprint density at radius 3 is 2.53 bits per heavy atom. The molecule has 0 atom stereocenters. The molecule has 0 aliphatic carbocycles. The van der Waals surface area contributed by atoms with Gasteiger partial charge in [0.05, 0.1) is 7.11 Å². The molecule has 2 heteroatoms. The second-order valence-corrected chi connectivity index (χ2v) is 4.57. The van der Waals surface area contributed by atoms with Crippen molar-refractivity contribution >= 4 is 0 Å². The first-order chi connectivity index (χ1) is 9.35. The van der Waals surface area contributed by atoms with Crippen LogP contribution in [-0.4, -0.2) is 13.7 Å². The van der Waals surface area contributed by atoms with Crippen molar-refractivity contribution in [3.05, 3.63) is 54.1 Å². The van der Waals surface area contributed by atoms with Crippen LogP contribution in [0, 0.1) is 0 Å². The standard InChI is InChI=1S/C17H21NO/c1-3-11-18-13-15-12-16(19-2)9-10-17(15)14-7-5-4-6-8-14/h4-10,12,18H,3,11,13H2,1-2H3. The molecule has 0 aromatic heterocycles. The molecule has 0 fully saturated rings. The van der Waals surface area contributed by atoms with E-state index in [0.717, 1.165) is 25.3 Å². The molecule has 19 heavy (non-hydrogen) atoms. The van der Waals surface area contributed by atoms with E-state index in [-0.39, 0.29) is 0 Å². The Morgan fingerprint density at radius 1 is 1.05 bits per heavy atom. The predicted octanol–water partition coefficient (Wildman–Crippen LogP) is 3.86. The molecule has 0 amide bonds. The molecule has 0 unspecified atom stereocenters. The molecule has 0 aliphatic heterocycles. The molecule has 0 bridgehead atoms. The van der Waals surface area contributed by atoms with E-state index in [1.54, 1.807) is 7.11 Å². The summed E-state index contributed by atoms with van der Waals surface area (Å²) in [6, 6.07) is 16.7. The molecule has 0 radical (unpaired) electrons. The van der Waals surface area contributed by atoms with E-state index in [2.05, 4.69) is 48.6 Å². The second-order valence-electron chi connectivity index (χ2n) is 4.57. The molecule has 100 valence electrons. The maximum absolute atomic E-state index is 5.32. The maximum atomic E-state index is 5.32. The van der Waals surface area contributed by atoms with E-state index in [1.807, 2.05) is 12.1 Å². The number of ether oxygens (including phenoxy) is 1. The molecule has 0 saturated carbocycles. The summed E-state index contributed by atoms with van der Waals surface area (Å²) in [6.07, 6.45) is 1.14. The van der Waals surface area contributed by atoms with Crippen LogP contribution in [0.3, 0.4) is 0 Å². The van der Waals surface area contributed by atoms with Gasteiger partial charge in [-0.3, -0.25) is 0 Å². The highest BCUT2D eigenvalue weighted by Crippen LogP contribution is 2.27. The fraction of sp³-hybridized carbons (Fsp3) is 0.294. The summed E-state index contributed by atoms with van der Waals surface area (Å²) in [5.74, 6) is 0.910. The van der Waals surface area contributed by atoms with Crippen LogP contribution in [0.15, 0.2) is 48.5 Å². The van der Waals surface area contributed by atoms with Crippen molar-refractivity contribution in [1.82, 2.24) is 5.32 Å². The highest BCUT2D eigenvalue weighted by Gasteiger charge is 2.06. The molecule has 2 aromatic carbocycles. The monoisotopic (exact) mass is 255 g/mol. The zero-order valence-electron chi connectivity index (χ0n) is 11.6. The molecule has 0 aliphatic rings. The summed E-state index contributed by atoms with van der Waals surface area (Å²) in [5, 5.41) is 3.46. The van der Waals surface area contributed by atoms with E-state index >= 15 is 0 Å². The molecule has 1 N–H and O–H groups in total. The van der Waals surface area contributed by atoms with Gasteiger partial charge in [0, 0.05) is 6.54 Å². The molecule has 0 heterocycles. The van der Waals surface area contributed by atoms with Crippen molar-refractivity contribution in [2.75, 3.05) is 13.7 Å². The van der Waals surface area contributed by atoms with E-state index in [0.29, 0.717) is 0 Å². The minimum absolute atomic E-state index is 0.870. The number of hydrogen-bond acceptors (Lipinski definition) is 2. The average Bonchev–Trinajstić information content (AvgIpc) is 2.48. The Morgan fingerprint density at radius 2 is 1.84 bits per heavy atom. The van der Waals surface area contributed by atoms with Gasteiger partial charge in [0.1, 0.15) is 5.75 Å². The zero-order chi connectivity index (χ0) is 13.5. The average molecular weight is 255 g/mol. The fourth-order valence-electron chi connectivity index (χ4n) is 2.14. The van der Waals surface area contributed by atoms with Gasteiger partial charge in [-0.15, -0.1) is 0 Å². The highest BCUT2D eigenvalue weighted by molar-refractivity contribution is 5.68. The molecule has 0 spiro atoms. The van der Waals surface area contributed by atoms with Crippen LogP contribution in [0.5, 0.6) is 5.75 Å². The SMILES string of the molecule is CCCNCc1cc(OC)ccc1-c1ccccc1. The van der Waals surface area contributed by atoms with E-state index in [4.69, 9.17) is 4.74 Å².